The topological polar surface area (TPSA) is 222 Å². The van der Waals surface area contributed by atoms with Gasteiger partial charge in [-0.05, 0) is 37.1 Å². The Morgan fingerprint density at radius 3 is 2.00 bits per heavy atom. The number of carboxylic acid groups (broad SMARTS) is 2. The highest BCUT2D eigenvalue weighted by Gasteiger charge is 2.08. The minimum absolute atomic E-state index is 0. The van der Waals surface area contributed by atoms with Crippen LogP contribution in [0.4, 0.5) is 5.69 Å². The molecule has 2 aromatic carbocycles. The third-order valence-electron chi connectivity index (χ3n) is 3.47. The van der Waals surface area contributed by atoms with Gasteiger partial charge in [-0.1, -0.05) is 30.3 Å². The van der Waals surface area contributed by atoms with E-state index in [0.29, 0.717) is 31.2 Å². The molecule has 0 aliphatic carbocycles. The molecular formula is C20H28N4O7. The average Bonchev–Trinajstić information content (AvgIpc) is 2.73. The largest absolute Gasteiger partial charge is 0.481 e. The molecule has 11 heteroatoms. The summed E-state index contributed by atoms with van der Waals surface area (Å²) < 4.78 is 0. The number of hydrogen-bond donors (Lipinski definition) is 5. The lowest BCUT2D eigenvalue weighted by Gasteiger charge is -2.02. The molecule has 1 atom stereocenters. The quantitative estimate of drug-likeness (QED) is 0.230. The second-order valence-corrected chi connectivity index (χ2v) is 5.90. The van der Waals surface area contributed by atoms with E-state index in [0.717, 1.165) is 5.56 Å². The van der Waals surface area contributed by atoms with Crippen LogP contribution in [0.3, 0.4) is 0 Å². The molecule has 0 aliphatic rings. The number of hydrogen-bond acceptors (Lipinski definition) is 8. The number of rotatable bonds is 8. The number of nitrogens with two attached hydrogens (primary N) is 2. The van der Waals surface area contributed by atoms with E-state index in [2.05, 4.69) is 0 Å². The Hall–Kier alpha value is -3.67. The molecule has 0 unspecified atom stereocenters. The lowest BCUT2D eigenvalue weighted by molar-refractivity contribution is -0.384. The molecule has 2 rings (SSSR count). The maximum absolute atomic E-state index is 10.2. The Bertz CT molecular complexity index is 799. The summed E-state index contributed by atoms with van der Waals surface area (Å²) in [6.07, 6.45) is 1.89. The fraction of sp³-hybridized carbons (Fsp3) is 0.250. The van der Waals surface area contributed by atoms with Crippen molar-refractivity contribution in [2.24, 2.45) is 11.5 Å². The maximum atomic E-state index is 10.2. The van der Waals surface area contributed by atoms with Crippen LogP contribution in [0, 0.1) is 10.1 Å². The van der Waals surface area contributed by atoms with Crippen molar-refractivity contribution in [3.05, 3.63) is 75.8 Å². The molecular weight excluding hydrogens is 408 g/mol. The van der Waals surface area contributed by atoms with Crippen LogP contribution >= 0.6 is 0 Å². The molecule has 0 fully saturated rings. The first-order valence-electron chi connectivity index (χ1n) is 8.85. The molecule has 31 heavy (non-hydrogen) atoms. The number of carbonyl (C=O) groups excluding carboxylic acids is 1. The molecule has 0 aromatic heterocycles. The van der Waals surface area contributed by atoms with Crippen LogP contribution in [0.15, 0.2) is 54.6 Å². The predicted octanol–water partition coefficient (Wildman–Crippen LogP) is 2.02. The molecule has 0 amide bonds. The van der Waals surface area contributed by atoms with Gasteiger partial charge >= 0.3 is 11.9 Å². The minimum Gasteiger partial charge on any atom is -0.481 e. The summed E-state index contributed by atoms with van der Waals surface area (Å²) in [5, 5.41) is 26.7. The molecule has 0 heterocycles. The van der Waals surface area contributed by atoms with Crippen molar-refractivity contribution >= 4 is 23.9 Å². The smallest absolute Gasteiger partial charge is 0.320 e. The van der Waals surface area contributed by atoms with Gasteiger partial charge in [-0.15, -0.1) is 0 Å². The Kier molecular flexibility index (Phi) is 16.4. The molecule has 0 aliphatic heterocycles. The molecule has 170 valence electrons. The summed E-state index contributed by atoms with van der Waals surface area (Å²) >= 11 is 0. The van der Waals surface area contributed by atoms with E-state index in [1.807, 2.05) is 18.2 Å². The summed E-state index contributed by atoms with van der Waals surface area (Å²) in [5.41, 5.74) is 11.6. The molecule has 0 bridgehead atoms. The van der Waals surface area contributed by atoms with Gasteiger partial charge in [-0.2, -0.15) is 0 Å². The van der Waals surface area contributed by atoms with Gasteiger partial charge in [0.15, 0.2) is 0 Å². The lowest BCUT2D eigenvalue weighted by atomic mass is 10.2. The average molecular weight is 436 g/mol. The van der Waals surface area contributed by atoms with Crippen molar-refractivity contribution in [1.82, 2.24) is 6.15 Å². The molecule has 0 saturated heterocycles. The Morgan fingerprint density at radius 1 is 1.06 bits per heavy atom. The van der Waals surface area contributed by atoms with Crippen molar-refractivity contribution in [3.63, 3.8) is 0 Å². The van der Waals surface area contributed by atoms with Crippen molar-refractivity contribution in [2.75, 3.05) is 6.54 Å². The van der Waals surface area contributed by atoms with Gasteiger partial charge in [0, 0.05) is 17.7 Å². The van der Waals surface area contributed by atoms with Gasteiger partial charge in [0.2, 0.25) is 0 Å². The van der Waals surface area contributed by atoms with Gasteiger partial charge in [0.05, 0.1) is 11.3 Å². The number of nitro benzene ring substituents is 1. The highest BCUT2D eigenvalue weighted by molar-refractivity contribution is 5.75. The van der Waals surface area contributed by atoms with Gasteiger partial charge in [-0.3, -0.25) is 24.5 Å². The summed E-state index contributed by atoms with van der Waals surface area (Å²) in [5.74, 6) is -1.74. The Balaban J connectivity index is 0. The third kappa shape index (κ3) is 14.9. The number of non-ortho nitro benzene ring substituents is 1. The molecule has 9 N–H and O–H groups in total. The first-order valence-corrected chi connectivity index (χ1v) is 8.85. The van der Waals surface area contributed by atoms with Crippen LogP contribution < -0.4 is 17.6 Å². The highest BCUT2D eigenvalue weighted by Crippen LogP contribution is 2.10. The van der Waals surface area contributed by atoms with Crippen molar-refractivity contribution < 1.29 is 29.5 Å². The Morgan fingerprint density at radius 2 is 1.61 bits per heavy atom. The normalized spacial score (nSPS) is 10.0. The standard InChI is InChI=1S/C8H8O2.C7H5NO3.C5H12N2O2.H3N/c9-8(10)6-7-4-2-1-3-5-7;9-5-6-1-3-7(4-2-6)8(10)11;6-3-1-2-4(7)5(8)9;/h1-5H,6H2,(H,9,10);1-5H;4H,1-3,6-7H2,(H,8,9);1H3/t;;4-;/m..1./s1. The lowest BCUT2D eigenvalue weighted by Crippen LogP contribution is -2.30. The summed E-state index contributed by atoms with van der Waals surface area (Å²) in [4.78, 5) is 39.9. The van der Waals surface area contributed by atoms with Gasteiger partial charge in [0.1, 0.15) is 12.3 Å². The zero-order chi connectivity index (χ0) is 22.9. The van der Waals surface area contributed by atoms with E-state index in [9.17, 15) is 24.5 Å². The monoisotopic (exact) mass is 436 g/mol. The van der Waals surface area contributed by atoms with Crippen molar-refractivity contribution in [2.45, 2.75) is 25.3 Å². The fourth-order valence-corrected chi connectivity index (χ4v) is 1.91. The van der Waals surface area contributed by atoms with E-state index < -0.39 is 22.9 Å². The second kappa shape index (κ2) is 17.2. The predicted molar refractivity (Wildman–Crippen MR) is 115 cm³/mol. The van der Waals surface area contributed by atoms with Crippen LogP contribution in [-0.2, 0) is 16.0 Å². The molecule has 2 aromatic rings. The van der Waals surface area contributed by atoms with Crippen LogP contribution in [0.1, 0.15) is 28.8 Å². The number of nitro groups is 1. The van der Waals surface area contributed by atoms with Crippen LogP contribution in [0.2, 0.25) is 0 Å². The number of aliphatic carboxylic acids is 2. The van der Waals surface area contributed by atoms with E-state index in [4.69, 9.17) is 21.7 Å². The molecule has 0 saturated carbocycles. The zero-order valence-electron chi connectivity index (χ0n) is 16.9. The SMILES string of the molecule is N.NCCC[C@@H](N)C(=O)O.O=C(O)Cc1ccccc1.O=Cc1ccc([N+](=O)[O-])cc1. The number of aldehydes is 1. The maximum Gasteiger partial charge on any atom is 0.320 e. The van der Waals surface area contributed by atoms with Gasteiger partial charge < -0.3 is 27.8 Å². The summed E-state index contributed by atoms with van der Waals surface area (Å²) in [7, 11) is 0. The van der Waals surface area contributed by atoms with Crippen LogP contribution in [0.25, 0.3) is 0 Å². The summed E-state index contributed by atoms with van der Waals surface area (Å²) in [6, 6.07) is 13.8. The van der Waals surface area contributed by atoms with Gasteiger partial charge in [-0.25, -0.2) is 0 Å². The van der Waals surface area contributed by atoms with E-state index in [-0.39, 0.29) is 18.3 Å². The Labute approximate surface area is 179 Å². The van der Waals surface area contributed by atoms with Crippen LogP contribution in [-0.4, -0.2) is 45.9 Å². The van der Waals surface area contributed by atoms with E-state index >= 15 is 0 Å². The number of benzene rings is 2. The third-order valence-corrected chi connectivity index (χ3v) is 3.47. The van der Waals surface area contributed by atoms with Gasteiger partial charge in [0.25, 0.3) is 5.69 Å². The first-order chi connectivity index (χ1) is 14.2. The van der Waals surface area contributed by atoms with Crippen LogP contribution in [0.5, 0.6) is 0 Å². The minimum atomic E-state index is -0.955. The molecule has 0 radical (unpaired) electrons. The zero-order valence-corrected chi connectivity index (χ0v) is 16.9. The van der Waals surface area contributed by atoms with Crippen molar-refractivity contribution in [1.29, 1.82) is 0 Å². The second-order valence-electron chi connectivity index (χ2n) is 5.90. The number of carboxylic acids is 2. The molecule has 11 nitrogen and oxygen atoms in total. The first kappa shape index (κ1) is 29.5. The summed E-state index contributed by atoms with van der Waals surface area (Å²) in [6.45, 7) is 0.501. The van der Waals surface area contributed by atoms with E-state index in [1.165, 1.54) is 24.3 Å². The van der Waals surface area contributed by atoms with Crippen molar-refractivity contribution in [3.8, 4) is 0 Å². The van der Waals surface area contributed by atoms with E-state index in [1.54, 1.807) is 12.1 Å². The number of carbonyl (C=O) groups is 3. The number of nitrogens with zero attached hydrogens (tertiary/aromatic N) is 1. The molecule has 0 spiro atoms. The highest BCUT2D eigenvalue weighted by atomic mass is 16.6. The fourth-order valence-electron chi connectivity index (χ4n) is 1.91.